The molecule has 2 rings (SSSR count). The average molecular weight is 338 g/mol. The molecule has 2 unspecified atom stereocenters. The zero-order valence-electron chi connectivity index (χ0n) is 13.3. The van der Waals surface area contributed by atoms with Gasteiger partial charge < -0.3 is 11.1 Å². The molecule has 0 saturated carbocycles. The second-order valence-corrected chi connectivity index (χ2v) is 6.89. The van der Waals surface area contributed by atoms with Crippen molar-refractivity contribution in [3.05, 3.63) is 21.4 Å². The number of carbonyl (C=O) groups is 3. The number of hydrogen-bond donors (Lipinski definition) is 4. The lowest BCUT2D eigenvalue weighted by Crippen LogP contribution is -2.51. The standard InChI is InChI=1S/C15H22N4O3S/c1-3-9-4-5-11-10(6-9)7-12(23-11)14(21)19-18-13(20)8(2)17-15(16)22/h7-9H,3-6H2,1-2H3,(H,18,20)(H,19,21)(H3,16,17,22). The van der Waals surface area contributed by atoms with Crippen LogP contribution in [0.1, 0.15) is 46.8 Å². The van der Waals surface area contributed by atoms with Crippen LogP contribution in [0, 0.1) is 5.92 Å². The number of aryl methyl sites for hydroxylation is 1. The van der Waals surface area contributed by atoms with Gasteiger partial charge >= 0.3 is 6.03 Å². The number of rotatable bonds is 4. The number of amides is 4. The van der Waals surface area contributed by atoms with Crippen LogP contribution in [0.15, 0.2) is 6.07 Å². The Morgan fingerprint density at radius 2 is 2.13 bits per heavy atom. The first-order valence-electron chi connectivity index (χ1n) is 7.68. The van der Waals surface area contributed by atoms with Gasteiger partial charge in [-0.1, -0.05) is 13.3 Å². The molecule has 126 valence electrons. The van der Waals surface area contributed by atoms with Crippen molar-refractivity contribution in [3.63, 3.8) is 0 Å². The molecule has 2 atom stereocenters. The van der Waals surface area contributed by atoms with Crippen LogP contribution < -0.4 is 21.9 Å². The van der Waals surface area contributed by atoms with Gasteiger partial charge in [-0.3, -0.25) is 20.4 Å². The van der Waals surface area contributed by atoms with E-state index in [1.165, 1.54) is 28.7 Å². The Bertz CT molecular complexity index is 614. The fourth-order valence-corrected chi connectivity index (χ4v) is 3.73. The van der Waals surface area contributed by atoms with Crippen LogP contribution in [0.4, 0.5) is 4.79 Å². The van der Waals surface area contributed by atoms with Gasteiger partial charge in [-0.05, 0) is 43.7 Å². The minimum Gasteiger partial charge on any atom is -0.352 e. The number of nitrogens with two attached hydrogens (primary N) is 1. The van der Waals surface area contributed by atoms with E-state index in [1.54, 1.807) is 0 Å². The summed E-state index contributed by atoms with van der Waals surface area (Å²) in [4.78, 5) is 36.4. The van der Waals surface area contributed by atoms with Crippen molar-refractivity contribution in [2.45, 2.75) is 45.6 Å². The summed E-state index contributed by atoms with van der Waals surface area (Å²) < 4.78 is 0. The summed E-state index contributed by atoms with van der Waals surface area (Å²) in [6.45, 7) is 3.66. The van der Waals surface area contributed by atoms with Gasteiger partial charge in [0.1, 0.15) is 6.04 Å². The summed E-state index contributed by atoms with van der Waals surface area (Å²) in [5.74, 6) is -0.199. The Balaban J connectivity index is 1.91. The SMILES string of the molecule is CCC1CCc2sc(C(=O)NNC(=O)C(C)NC(N)=O)cc2C1. The van der Waals surface area contributed by atoms with Crippen LogP contribution in [0.5, 0.6) is 0 Å². The summed E-state index contributed by atoms with van der Waals surface area (Å²) in [5, 5.41) is 2.24. The summed E-state index contributed by atoms with van der Waals surface area (Å²) >= 11 is 1.47. The summed E-state index contributed by atoms with van der Waals surface area (Å²) in [7, 11) is 0. The van der Waals surface area contributed by atoms with E-state index < -0.39 is 18.0 Å². The van der Waals surface area contributed by atoms with E-state index in [4.69, 9.17) is 5.73 Å². The number of urea groups is 1. The minimum atomic E-state index is -0.824. The van der Waals surface area contributed by atoms with Crippen LogP contribution in [0.2, 0.25) is 0 Å². The van der Waals surface area contributed by atoms with Gasteiger partial charge in [0.2, 0.25) is 0 Å². The number of fused-ring (bicyclic) bond motifs is 1. The Morgan fingerprint density at radius 1 is 1.39 bits per heavy atom. The Labute approximate surface area is 139 Å². The Kier molecular flexibility index (Phi) is 5.59. The maximum absolute atomic E-state index is 12.1. The van der Waals surface area contributed by atoms with Crippen LogP contribution in [0.25, 0.3) is 0 Å². The van der Waals surface area contributed by atoms with E-state index in [2.05, 4.69) is 23.1 Å². The molecule has 5 N–H and O–H groups in total. The van der Waals surface area contributed by atoms with E-state index in [1.807, 2.05) is 6.07 Å². The molecule has 0 spiro atoms. The van der Waals surface area contributed by atoms with Crippen molar-refractivity contribution < 1.29 is 14.4 Å². The van der Waals surface area contributed by atoms with Crippen LogP contribution in [0.3, 0.4) is 0 Å². The van der Waals surface area contributed by atoms with Crippen LogP contribution in [-0.4, -0.2) is 23.9 Å². The van der Waals surface area contributed by atoms with Gasteiger partial charge in [0.05, 0.1) is 4.88 Å². The predicted molar refractivity (Wildman–Crippen MR) is 87.9 cm³/mol. The number of thiophene rings is 1. The molecule has 0 fully saturated rings. The third-order valence-electron chi connectivity index (χ3n) is 4.04. The number of hydrogen-bond acceptors (Lipinski definition) is 4. The number of hydrazine groups is 1. The fraction of sp³-hybridized carbons (Fsp3) is 0.533. The normalized spacial score (nSPS) is 17.7. The molecule has 0 bridgehead atoms. The molecule has 1 aromatic rings. The molecule has 1 aliphatic carbocycles. The molecule has 1 aliphatic rings. The van der Waals surface area contributed by atoms with Crippen molar-refractivity contribution in [3.8, 4) is 0 Å². The van der Waals surface area contributed by atoms with Crippen molar-refractivity contribution in [2.24, 2.45) is 11.7 Å². The zero-order valence-corrected chi connectivity index (χ0v) is 14.1. The molecule has 8 heteroatoms. The lowest BCUT2D eigenvalue weighted by atomic mass is 9.87. The molecule has 4 amide bonds. The largest absolute Gasteiger partial charge is 0.352 e. The second-order valence-electron chi connectivity index (χ2n) is 5.75. The average Bonchev–Trinajstić information content (AvgIpc) is 2.94. The highest BCUT2D eigenvalue weighted by molar-refractivity contribution is 7.14. The molecule has 7 nitrogen and oxygen atoms in total. The number of carbonyl (C=O) groups excluding carboxylic acids is 3. The van der Waals surface area contributed by atoms with Crippen molar-refractivity contribution >= 4 is 29.2 Å². The van der Waals surface area contributed by atoms with Gasteiger partial charge in [0.25, 0.3) is 11.8 Å². The first-order chi connectivity index (χ1) is 10.9. The molecular weight excluding hydrogens is 316 g/mol. The monoisotopic (exact) mass is 338 g/mol. The Morgan fingerprint density at radius 3 is 2.78 bits per heavy atom. The lowest BCUT2D eigenvalue weighted by Gasteiger charge is -2.19. The van der Waals surface area contributed by atoms with Crippen molar-refractivity contribution in [1.82, 2.24) is 16.2 Å². The molecule has 0 saturated heterocycles. The molecular formula is C15H22N4O3S. The summed E-state index contributed by atoms with van der Waals surface area (Å²) in [6.07, 6.45) is 4.34. The van der Waals surface area contributed by atoms with E-state index in [0.717, 1.165) is 25.7 Å². The van der Waals surface area contributed by atoms with E-state index in [-0.39, 0.29) is 5.91 Å². The molecule has 23 heavy (non-hydrogen) atoms. The zero-order chi connectivity index (χ0) is 17.0. The first-order valence-corrected chi connectivity index (χ1v) is 8.50. The second kappa shape index (κ2) is 7.45. The highest BCUT2D eigenvalue weighted by atomic mass is 32.1. The fourth-order valence-electron chi connectivity index (χ4n) is 2.63. The first kappa shape index (κ1) is 17.3. The van der Waals surface area contributed by atoms with Gasteiger partial charge in [0.15, 0.2) is 0 Å². The van der Waals surface area contributed by atoms with E-state index in [0.29, 0.717) is 10.8 Å². The van der Waals surface area contributed by atoms with E-state index in [9.17, 15) is 14.4 Å². The minimum absolute atomic E-state index is 0.350. The molecule has 1 heterocycles. The number of primary amides is 1. The van der Waals surface area contributed by atoms with Gasteiger partial charge in [-0.2, -0.15) is 0 Å². The molecule has 1 aromatic heterocycles. The topological polar surface area (TPSA) is 113 Å². The third kappa shape index (κ3) is 4.44. The van der Waals surface area contributed by atoms with Crippen LogP contribution in [-0.2, 0) is 17.6 Å². The summed E-state index contributed by atoms with van der Waals surface area (Å²) in [5.41, 5.74) is 10.8. The van der Waals surface area contributed by atoms with Crippen molar-refractivity contribution in [2.75, 3.05) is 0 Å². The van der Waals surface area contributed by atoms with Crippen LogP contribution >= 0.6 is 11.3 Å². The van der Waals surface area contributed by atoms with Crippen molar-refractivity contribution in [1.29, 1.82) is 0 Å². The van der Waals surface area contributed by atoms with Gasteiger partial charge in [-0.15, -0.1) is 11.3 Å². The highest BCUT2D eigenvalue weighted by Gasteiger charge is 2.22. The predicted octanol–water partition coefficient (Wildman–Crippen LogP) is 1.08. The quantitative estimate of drug-likeness (QED) is 0.616. The van der Waals surface area contributed by atoms with E-state index >= 15 is 0 Å². The molecule has 0 radical (unpaired) electrons. The molecule has 0 aromatic carbocycles. The van der Waals surface area contributed by atoms with Gasteiger partial charge in [-0.25, -0.2) is 4.79 Å². The lowest BCUT2D eigenvalue weighted by molar-refractivity contribution is -0.123. The highest BCUT2D eigenvalue weighted by Crippen LogP contribution is 2.33. The third-order valence-corrected chi connectivity index (χ3v) is 5.27. The smallest absolute Gasteiger partial charge is 0.312 e. The Hall–Kier alpha value is -2.09. The maximum Gasteiger partial charge on any atom is 0.312 e. The molecule has 0 aliphatic heterocycles. The summed E-state index contributed by atoms with van der Waals surface area (Å²) in [6, 6.07) is 0.291. The number of nitrogens with one attached hydrogen (secondary N) is 3. The van der Waals surface area contributed by atoms with Gasteiger partial charge in [0, 0.05) is 4.88 Å². The maximum atomic E-state index is 12.1.